The van der Waals surface area contributed by atoms with Crippen LogP contribution in [0, 0.1) is 0 Å². The molecule has 1 heterocycles. The first-order chi connectivity index (χ1) is 11.0. The molecule has 116 valence electrons. The van der Waals surface area contributed by atoms with Crippen LogP contribution in [0.4, 0.5) is 0 Å². The number of carboxylic acids is 1. The van der Waals surface area contributed by atoms with E-state index in [1.807, 2.05) is 12.1 Å². The predicted octanol–water partition coefficient (Wildman–Crippen LogP) is 4.23. The SMILES string of the molecule is CC(C)c1ccc(-c2noc(-c3ccc(C(=O)O)cc3)n2)cc1. The number of aromatic nitrogens is 2. The fourth-order valence-electron chi connectivity index (χ4n) is 2.23. The van der Waals surface area contributed by atoms with Gasteiger partial charge in [0.2, 0.25) is 5.82 Å². The van der Waals surface area contributed by atoms with Gasteiger partial charge in [0.15, 0.2) is 0 Å². The van der Waals surface area contributed by atoms with Gasteiger partial charge in [0, 0.05) is 11.1 Å². The zero-order valence-electron chi connectivity index (χ0n) is 12.9. The third-order valence-electron chi connectivity index (χ3n) is 3.64. The van der Waals surface area contributed by atoms with Crippen molar-refractivity contribution in [2.75, 3.05) is 0 Å². The van der Waals surface area contributed by atoms with Gasteiger partial charge in [-0.05, 0) is 35.7 Å². The Bertz CT molecular complexity index is 818. The molecule has 1 N–H and O–H groups in total. The van der Waals surface area contributed by atoms with Crippen molar-refractivity contribution in [1.82, 2.24) is 10.1 Å². The maximum absolute atomic E-state index is 10.9. The zero-order valence-corrected chi connectivity index (χ0v) is 12.9. The minimum Gasteiger partial charge on any atom is -0.478 e. The van der Waals surface area contributed by atoms with E-state index in [0.717, 1.165) is 5.56 Å². The summed E-state index contributed by atoms with van der Waals surface area (Å²) in [5, 5.41) is 12.9. The van der Waals surface area contributed by atoms with Crippen molar-refractivity contribution in [1.29, 1.82) is 0 Å². The number of hydrogen-bond donors (Lipinski definition) is 1. The second kappa shape index (κ2) is 6.04. The standard InChI is InChI=1S/C18H16N2O3/c1-11(2)12-3-5-13(6-4-12)16-19-17(23-20-16)14-7-9-15(10-8-14)18(21)22/h3-11H,1-2H3,(H,21,22). The summed E-state index contributed by atoms with van der Waals surface area (Å²) in [6.45, 7) is 4.28. The minimum atomic E-state index is -0.965. The highest BCUT2D eigenvalue weighted by Gasteiger charge is 2.12. The van der Waals surface area contributed by atoms with E-state index in [0.29, 0.717) is 23.2 Å². The molecule has 0 saturated heterocycles. The first kappa shape index (κ1) is 15.0. The van der Waals surface area contributed by atoms with E-state index in [9.17, 15) is 4.79 Å². The van der Waals surface area contributed by atoms with Crippen LogP contribution in [0.2, 0.25) is 0 Å². The number of hydrogen-bond acceptors (Lipinski definition) is 4. The van der Waals surface area contributed by atoms with E-state index in [1.165, 1.54) is 17.7 Å². The highest BCUT2D eigenvalue weighted by atomic mass is 16.5. The molecule has 0 spiro atoms. The van der Waals surface area contributed by atoms with Gasteiger partial charge in [-0.2, -0.15) is 4.98 Å². The maximum atomic E-state index is 10.9. The average Bonchev–Trinajstić information content (AvgIpc) is 3.05. The topological polar surface area (TPSA) is 76.2 Å². The molecule has 3 rings (SSSR count). The second-order valence-corrected chi connectivity index (χ2v) is 5.58. The molecule has 0 unspecified atom stereocenters. The van der Waals surface area contributed by atoms with E-state index in [2.05, 4.69) is 36.1 Å². The molecule has 0 aliphatic heterocycles. The zero-order chi connectivity index (χ0) is 16.4. The first-order valence-electron chi connectivity index (χ1n) is 7.32. The number of aromatic carboxylic acids is 1. The van der Waals surface area contributed by atoms with Crippen molar-refractivity contribution in [2.45, 2.75) is 19.8 Å². The lowest BCUT2D eigenvalue weighted by atomic mass is 10.0. The van der Waals surface area contributed by atoms with Gasteiger partial charge >= 0.3 is 5.97 Å². The Balaban J connectivity index is 1.86. The highest BCUT2D eigenvalue weighted by molar-refractivity contribution is 5.88. The van der Waals surface area contributed by atoms with E-state index < -0.39 is 5.97 Å². The lowest BCUT2D eigenvalue weighted by Gasteiger charge is -2.04. The smallest absolute Gasteiger partial charge is 0.335 e. The molecule has 0 fully saturated rings. The molecular formula is C18H16N2O3. The molecule has 0 saturated carbocycles. The van der Waals surface area contributed by atoms with Gasteiger partial charge in [0.25, 0.3) is 5.89 Å². The molecule has 1 aromatic heterocycles. The molecule has 0 aliphatic rings. The van der Waals surface area contributed by atoms with Crippen LogP contribution >= 0.6 is 0 Å². The van der Waals surface area contributed by atoms with Crippen LogP contribution < -0.4 is 0 Å². The van der Waals surface area contributed by atoms with E-state index >= 15 is 0 Å². The summed E-state index contributed by atoms with van der Waals surface area (Å²) in [6.07, 6.45) is 0. The predicted molar refractivity (Wildman–Crippen MR) is 86.2 cm³/mol. The fraction of sp³-hybridized carbons (Fsp3) is 0.167. The van der Waals surface area contributed by atoms with Crippen molar-refractivity contribution in [3.63, 3.8) is 0 Å². The molecule has 0 aliphatic carbocycles. The third-order valence-corrected chi connectivity index (χ3v) is 3.64. The van der Waals surface area contributed by atoms with Gasteiger partial charge in [-0.25, -0.2) is 4.79 Å². The van der Waals surface area contributed by atoms with E-state index in [4.69, 9.17) is 9.63 Å². The van der Waals surface area contributed by atoms with Crippen molar-refractivity contribution in [2.24, 2.45) is 0 Å². The molecule has 5 heteroatoms. The van der Waals surface area contributed by atoms with Crippen molar-refractivity contribution < 1.29 is 14.4 Å². The van der Waals surface area contributed by atoms with E-state index in [1.54, 1.807) is 12.1 Å². The number of carbonyl (C=O) groups is 1. The van der Waals surface area contributed by atoms with Gasteiger partial charge < -0.3 is 9.63 Å². The lowest BCUT2D eigenvalue weighted by Crippen LogP contribution is -1.94. The quantitative estimate of drug-likeness (QED) is 0.780. The summed E-state index contributed by atoms with van der Waals surface area (Å²) in [4.78, 5) is 15.2. The minimum absolute atomic E-state index is 0.220. The van der Waals surface area contributed by atoms with Gasteiger partial charge in [-0.3, -0.25) is 0 Å². The molecule has 0 bridgehead atoms. The average molecular weight is 308 g/mol. The van der Waals surface area contributed by atoms with Crippen molar-refractivity contribution in [3.05, 3.63) is 59.7 Å². The molecule has 5 nitrogen and oxygen atoms in total. The Morgan fingerprint density at radius 1 is 1.00 bits per heavy atom. The molecule has 0 amide bonds. The molecule has 0 atom stereocenters. The van der Waals surface area contributed by atoms with Crippen LogP contribution in [-0.4, -0.2) is 21.2 Å². The van der Waals surface area contributed by atoms with Gasteiger partial charge in [-0.1, -0.05) is 43.3 Å². The summed E-state index contributed by atoms with van der Waals surface area (Å²) < 4.78 is 5.27. The van der Waals surface area contributed by atoms with Crippen molar-refractivity contribution >= 4 is 5.97 Å². The van der Waals surface area contributed by atoms with Gasteiger partial charge in [0.1, 0.15) is 0 Å². The summed E-state index contributed by atoms with van der Waals surface area (Å²) in [5.41, 5.74) is 3.04. The number of benzene rings is 2. The third kappa shape index (κ3) is 3.13. The number of nitrogens with zero attached hydrogens (tertiary/aromatic N) is 2. The Hall–Kier alpha value is -2.95. The van der Waals surface area contributed by atoms with Crippen LogP contribution in [0.1, 0.15) is 35.7 Å². The Morgan fingerprint density at radius 2 is 1.61 bits per heavy atom. The second-order valence-electron chi connectivity index (χ2n) is 5.58. The monoisotopic (exact) mass is 308 g/mol. The van der Waals surface area contributed by atoms with Gasteiger partial charge in [-0.15, -0.1) is 0 Å². The normalized spacial score (nSPS) is 10.9. The summed E-state index contributed by atoms with van der Waals surface area (Å²) in [6, 6.07) is 14.4. The Morgan fingerprint density at radius 3 is 2.17 bits per heavy atom. The molecule has 3 aromatic rings. The van der Waals surface area contributed by atoms with Gasteiger partial charge in [0.05, 0.1) is 5.56 Å². The lowest BCUT2D eigenvalue weighted by molar-refractivity contribution is 0.0697. The molecular weight excluding hydrogens is 292 g/mol. The van der Waals surface area contributed by atoms with Crippen LogP contribution in [0.3, 0.4) is 0 Å². The molecule has 0 radical (unpaired) electrons. The molecule has 2 aromatic carbocycles. The van der Waals surface area contributed by atoms with Crippen LogP contribution in [0.5, 0.6) is 0 Å². The maximum Gasteiger partial charge on any atom is 0.335 e. The van der Waals surface area contributed by atoms with Crippen LogP contribution in [-0.2, 0) is 0 Å². The fourth-order valence-corrected chi connectivity index (χ4v) is 2.23. The van der Waals surface area contributed by atoms with E-state index in [-0.39, 0.29) is 5.56 Å². The first-order valence-corrected chi connectivity index (χ1v) is 7.32. The summed E-state index contributed by atoms with van der Waals surface area (Å²) >= 11 is 0. The Kier molecular flexibility index (Phi) is 3.93. The number of rotatable bonds is 4. The summed E-state index contributed by atoms with van der Waals surface area (Å²) in [7, 11) is 0. The van der Waals surface area contributed by atoms with Crippen LogP contribution in [0.25, 0.3) is 22.8 Å². The number of carboxylic acid groups (broad SMARTS) is 1. The molecule has 23 heavy (non-hydrogen) atoms. The van der Waals surface area contributed by atoms with Crippen LogP contribution in [0.15, 0.2) is 53.1 Å². The summed E-state index contributed by atoms with van der Waals surface area (Å²) in [5.74, 6) is 0.383. The van der Waals surface area contributed by atoms with Crippen molar-refractivity contribution in [3.8, 4) is 22.8 Å². The Labute approximate surface area is 133 Å². The highest BCUT2D eigenvalue weighted by Crippen LogP contribution is 2.24. The largest absolute Gasteiger partial charge is 0.478 e.